The minimum absolute atomic E-state index is 0.00593. The molecule has 2 rings (SSSR count). The van der Waals surface area contributed by atoms with Gasteiger partial charge in [0.2, 0.25) is 0 Å². The van der Waals surface area contributed by atoms with E-state index in [-0.39, 0.29) is 23.2 Å². The van der Waals surface area contributed by atoms with E-state index in [9.17, 15) is 9.59 Å². The molecule has 1 unspecified atom stereocenters. The Balaban J connectivity index is 2.09. The van der Waals surface area contributed by atoms with Gasteiger partial charge in [-0.05, 0) is 44.3 Å². The van der Waals surface area contributed by atoms with Crippen LogP contribution in [-0.4, -0.2) is 48.3 Å². The van der Waals surface area contributed by atoms with Crippen molar-refractivity contribution in [1.29, 1.82) is 0 Å². The van der Waals surface area contributed by atoms with Crippen LogP contribution in [-0.2, 0) is 6.54 Å². The number of nitrogens with zero attached hydrogens (tertiary/aromatic N) is 3. The zero-order valence-corrected chi connectivity index (χ0v) is 15.7. The number of aryl methyl sites for hydroxylation is 1. The van der Waals surface area contributed by atoms with Crippen molar-refractivity contribution in [1.82, 2.24) is 20.0 Å². The molecular formula is C19H26N4O3. The molecule has 26 heavy (non-hydrogen) atoms. The lowest BCUT2D eigenvalue weighted by atomic mass is 10.1. The molecule has 0 aliphatic rings. The third-order valence-electron chi connectivity index (χ3n) is 4.11. The van der Waals surface area contributed by atoms with E-state index in [1.807, 2.05) is 50.2 Å². The van der Waals surface area contributed by atoms with Crippen molar-refractivity contribution < 1.29 is 9.53 Å². The predicted octanol–water partition coefficient (Wildman–Crippen LogP) is 1.69. The van der Waals surface area contributed by atoms with E-state index >= 15 is 0 Å². The van der Waals surface area contributed by atoms with Gasteiger partial charge in [0.25, 0.3) is 11.5 Å². The third kappa shape index (κ3) is 4.92. The van der Waals surface area contributed by atoms with Gasteiger partial charge >= 0.3 is 0 Å². The van der Waals surface area contributed by atoms with E-state index in [1.165, 1.54) is 16.8 Å². The number of hydrogen-bond acceptors (Lipinski definition) is 5. The molecule has 0 spiro atoms. The second-order valence-corrected chi connectivity index (χ2v) is 6.24. The number of carbonyl (C=O) groups is 1. The number of rotatable bonds is 8. The molecule has 140 valence electrons. The number of nitrogens with one attached hydrogen (secondary N) is 1. The molecule has 0 saturated carbocycles. The Morgan fingerprint density at radius 2 is 1.92 bits per heavy atom. The van der Waals surface area contributed by atoms with Gasteiger partial charge < -0.3 is 15.0 Å². The first-order chi connectivity index (χ1) is 12.5. The number of hydrogen-bond donors (Lipinski definition) is 1. The summed E-state index contributed by atoms with van der Waals surface area (Å²) in [6.07, 6.45) is 0.776. The summed E-state index contributed by atoms with van der Waals surface area (Å²) in [5, 5.41) is 7.05. The molecule has 1 amide bonds. The molecule has 0 fully saturated rings. The maximum atomic E-state index is 12.4. The van der Waals surface area contributed by atoms with E-state index in [2.05, 4.69) is 10.4 Å². The fraction of sp³-hybridized carbons (Fsp3) is 0.421. The summed E-state index contributed by atoms with van der Waals surface area (Å²) in [7, 11) is 5.55. The smallest absolute Gasteiger partial charge is 0.271 e. The second kappa shape index (κ2) is 9.15. The van der Waals surface area contributed by atoms with Crippen molar-refractivity contribution in [3.05, 3.63) is 58.0 Å². The molecule has 1 heterocycles. The molecule has 7 nitrogen and oxygen atoms in total. The number of ether oxygens (including phenoxy) is 1. The molecule has 2 aromatic rings. The average Bonchev–Trinajstić information content (AvgIpc) is 2.64. The van der Waals surface area contributed by atoms with Crippen LogP contribution in [0.3, 0.4) is 0 Å². The van der Waals surface area contributed by atoms with Gasteiger partial charge in [0.15, 0.2) is 0 Å². The van der Waals surface area contributed by atoms with Crippen molar-refractivity contribution in [2.24, 2.45) is 0 Å². The highest BCUT2D eigenvalue weighted by molar-refractivity contribution is 5.92. The van der Waals surface area contributed by atoms with Crippen molar-refractivity contribution in [2.75, 3.05) is 27.7 Å². The van der Waals surface area contributed by atoms with E-state index in [1.54, 1.807) is 7.11 Å². The highest BCUT2D eigenvalue weighted by Crippen LogP contribution is 2.20. The number of carbonyl (C=O) groups excluding carboxylic acids is 1. The summed E-state index contributed by atoms with van der Waals surface area (Å²) in [6, 6.07) is 10.6. The highest BCUT2D eigenvalue weighted by Gasteiger charge is 2.17. The summed E-state index contributed by atoms with van der Waals surface area (Å²) < 4.78 is 6.51. The zero-order chi connectivity index (χ0) is 19.1. The number of amides is 1. The fourth-order valence-corrected chi connectivity index (χ4v) is 2.65. The Morgan fingerprint density at radius 3 is 2.50 bits per heavy atom. The maximum Gasteiger partial charge on any atom is 0.271 e. The standard InChI is InChI=1S/C19H26N4O3/c1-5-12-23-18(24)11-10-16(21-23)19(25)20-13-17(22(2)3)14-6-8-15(26-4)9-7-14/h6-11,17H,5,12-13H2,1-4H3,(H,20,25). The van der Waals surface area contributed by atoms with Crippen LogP contribution in [0.15, 0.2) is 41.2 Å². The van der Waals surface area contributed by atoms with Crippen LogP contribution in [0, 0.1) is 0 Å². The Kier molecular flexibility index (Phi) is 6.91. The number of likely N-dealkylation sites (N-methyl/N-ethyl adjacent to an activating group) is 1. The Bertz CT molecular complexity index is 784. The van der Waals surface area contributed by atoms with Gasteiger partial charge in [-0.1, -0.05) is 19.1 Å². The van der Waals surface area contributed by atoms with Crippen LogP contribution in [0.4, 0.5) is 0 Å². The molecule has 1 aromatic carbocycles. The molecule has 1 aromatic heterocycles. The summed E-state index contributed by atoms with van der Waals surface area (Å²) in [5.74, 6) is 0.493. The first-order valence-corrected chi connectivity index (χ1v) is 8.63. The topological polar surface area (TPSA) is 76.5 Å². The normalized spacial score (nSPS) is 12.0. The lowest BCUT2D eigenvalue weighted by Gasteiger charge is -2.25. The quantitative estimate of drug-likeness (QED) is 0.777. The van der Waals surface area contributed by atoms with Crippen LogP contribution in [0.5, 0.6) is 5.75 Å². The Labute approximate surface area is 153 Å². The minimum Gasteiger partial charge on any atom is -0.497 e. The lowest BCUT2D eigenvalue weighted by Crippen LogP contribution is -2.36. The summed E-state index contributed by atoms with van der Waals surface area (Å²) in [5.41, 5.74) is 1.11. The van der Waals surface area contributed by atoms with Gasteiger partial charge in [-0.3, -0.25) is 9.59 Å². The molecule has 0 saturated heterocycles. The van der Waals surface area contributed by atoms with Crippen LogP contribution in [0.25, 0.3) is 0 Å². The summed E-state index contributed by atoms with van der Waals surface area (Å²) in [4.78, 5) is 26.2. The predicted molar refractivity (Wildman–Crippen MR) is 101 cm³/mol. The number of benzene rings is 1. The van der Waals surface area contributed by atoms with E-state index < -0.39 is 0 Å². The van der Waals surface area contributed by atoms with Crippen molar-refractivity contribution >= 4 is 5.91 Å². The van der Waals surface area contributed by atoms with Crippen LogP contribution < -0.4 is 15.6 Å². The molecule has 7 heteroatoms. The first kappa shape index (κ1) is 19.7. The molecule has 1 atom stereocenters. The van der Waals surface area contributed by atoms with Gasteiger partial charge in [-0.2, -0.15) is 5.10 Å². The van der Waals surface area contributed by atoms with Crippen LogP contribution >= 0.6 is 0 Å². The SMILES string of the molecule is CCCn1nc(C(=O)NCC(c2ccc(OC)cc2)N(C)C)ccc1=O. The second-order valence-electron chi connectivity index (χ2n) is 6.24. The van der Waals surface area contributed by atoms with Crippen molar-refractivity contribution in [3.8, 4) is 5.75 Å². The maximum absolute atomic E-state index is 12.4. The largest absolute Gasteiger partial charge is 0.497 e. The molecule has 1 N–H and O–H groups in total. The monoisotopic (exact) mass is 358 g/mol. The third-order valence-corrected chi connectivity index (χ3v) is 4.11. The Morgan fingerprint density at radius 1 is 1.23 bits per heavy atom. The summed E-state index contributed by atoms with van der Waals surface area (Å²) in [6.45, 7) is 2.87. The lowest BCUT2D eigenvalue weighted by molar-refractivity contribution is 0.0934. The van der Waals surface area contributed by atoms with Crippen LogP contribution in [0.1, 0.15) is 35.4 Å². The van der Waals surface area contributed by atoms with Crippen molar-refractivity contribution in [2.45, 2.75) is 25.9 Å². The van der Waals surface area contributed by atoms with Gasteiger partial charge in [0, 0.05) is 19.2 Å². The number of methoxy groups -OCH3 is 1. The molecule has 0 bridgehead atoms. The molecule has 0 radical (unpaired) electrons. The Hall–Kier alpha value is -2.67. The van der Waals surface area contributed by atoms with Gasteiger partial charge in [-0.15, -0.1) is 0 Å². The van der Waals surface area contributed by atoms with Crippen molar-refractivity contribution in [3.63, 3.8) is 0 Å². The van der Waals surface area contributed by atoms with E-state index in [0.29, 0.717) is 13.1 Å². The van der Waals surface area contributed by atoms with Gasteiger partial charge in [-0.25, -0.2) is 4.68 Å². The molecule has 0 aliphatic heterocycles. The average molecular weight is 358 g/mol. The molecular weight excluding hydrogens is 332 g/mol. The number of aromatic nitrogens is 2. The molecule has 0 aliphatic carbocycles. The van der Waals surface area contributed by atoms with E-state index in [4.69, 9.17) is 4.74 Å². The summed E-state index contributed by atoms with van der Waals surface area (Å²) >= 11 is 0. The zero-order valence-electron chi connectivity index (χ0n) is 15.7. The van der Waals surface area contributed by atoms with E-state index in [0.717, 1.165) is 17.7 Å². The van der Waals surface area contributed by atoms with Gasteiger partial charge in [0.05, 0.1) is 13.2 Å². The highest BCUT2D eigenvalue weighted by atomic mass is 16.5. The van der Waals surface area contributed by atoms with Crippen LogP contribution in [0.2, 0.25) is 0 Å². The fourth-order valence-electron chi connectivity index (χ4n) is 2.65. The first-order valence-electron chi connectivity index (χ1n) is 8.63. The van der Waals surface area contributed by atoms with Gasteiger partial charge in [0.1, 0.15) is 11.4 Å². The minimum atomic E-state index is -0.296.